The molecule has 100 valence electrons. The number of hydrogen-bond donors (Lipinski definition) is 3. The van der Waals surface area contributed by atoms with Crippen molar-refractivity contribution in [2.45, 2.75) is 46.6 Å². The summed E-state index contributed by atoms with van der Waals surface area (Å²) in [6.45, 7) is 7.76. The quantitative estimate of drug-likeness (QED) is 0.649. The van der Waals surface area contributed by atoms with E-state index in [0.717, 1.165) is 6.42 Å². The van der Waals surface area contributed by atoms with Gasteiger partial charge < -0.3 is 16.2 Å². The monoisotopic (exact) mass is 244 g/mol. The summed E-state index contributed by atoms with van der Waals surface area (Å²) >= 11 is 0. The highest BCUT2D eigenvalue weighted by Gasteiger charge is 2.32. The van der Waals surface area contributed by atoms with E-state index in [-0.39, 0.29) is 18.2 Å². The van der Waals surface area contributed by atoms with E-state index >= 15 is 0 Å². The van der Waals surface area contributed by atoms with E-state index in [4.69, 9.17) is 10.8 Å². The van der Waals surface area contributed by atoms with Crippen LogP contribution in [0, 0.1) is 11.3 Å². The number of carboxylic acids is 1. The Hall–Kier alpha value is -1.10. The van der Waals surface area contributed by atoms with Gasteiger partial charge in [-0.1, -0.05) is 34.1 Å². The lowest BCUT2D eigenvalue weighted by molar-refractivity contribution is -0.145. The third-order valence-corrected chi connectivity index (χ3v) is 2.80. The van der Waals surface area contributed by atoms with Gasteiger partial charge in [0.15, 0.2) is 0 Å². The smallest absolute Gasteiger partial charge is 0.326 e. The van der Waals surface area contributed by atoms with Crippen molar-refractivity contribution in [1.82, 2.24) is 5.32 Å². The SMILES string of the molecule is CCC(CN)CC(=O)N[C@@H](C(=O)O)C(C)(C)C. The Labute approximate surface area is 103 Å². The molecule has 4 N–H and O–H groups in total. The standard InChI is InChI=1S/C12H24N2O3/c1-5-8(7-13)6-9(15)14-10(11(16)17)12(2,3)4/h8,10H,5-7,13H2,1-4H3,(H,14,15)(H,16,17)/t8?,10-/m0/s1. The molecule has 5 nitrogen and oxygen atoms in total. The maximum atomic E-state index is 11.7. The molecule has 0 aliphatic heterocycles. The van der Waals surface area contributed by atoms with Crippen LogP contribution in [-0.4, -0.2) is 29.6 Å². The van der Waals surface area contributed by atoms with Crippen molar-refractivity contribution >= 4 is 11.9 Å². The predicted molar refractivity (Wildman–Crippen MR) is 66.5 cm³/mol. The minimum absolute atomic E-state index is 0.115. The highest BCUT2D eigenvalue weighted by atomic mass is 16.4. The number of carboxylic acid groups (broad SMARTS) is 1. The van der Waals surface area contributed by atoms with Gasteiger partial charge in [-0.25, -0.2) is 4.79 Å². The van der Waals surface area contributed by atoms with E-state index in [1.807, 2.05) is 6.92 Å². The zero-order chi connectivity index (χ0) is 13.6. The van der Waals surface area contributed by atoms with E-state index in [9.17, 15) is 9.59 Å². The van der Waals surface area contributed by atoms with Gasteiger partial charge in [0.05, 0.1) is 0 Å². The lowest BCUT2D eigenvalue weighted by atomic mass is 9.86. The first-order valence-corrected chi connectivity index (χ1v) is 5.94. The molecule has 5 heteroatoms. The molecule has 1 unspecified atom stereocenters. The number of nitrogens with one attached hydrogen (secondary N) is 1. The van der Waals surface area contributed by atoms with Gasteiger partial charge >= 0.3 is 5.97 Å². The van der Waals surface area contributed by atoms with Gasteiger partial charge in [-0.15, -0.1) is 0 Å². The third kappa shape index (κ3) is 5.68. The fraction of sp³-hybridized carbons (Fsp3) is 0.833. The fourth-order valence-electron chi connectivity index (χ4n) is 1.53. The van der Waals surface area contributed by atoms with Gasteiger partial charge in [0, 0.05) is 6.42 Å². The van der Waals surface area contributed by atoms with Crippen LogP contribution >= 0.6 is 0 Å². The van der Waals surface area contributed by atoms with E-state index in [2.05, 4.69) is 5.32 Å². The Balaban J connectivity index is 4.48. The molecule has 0 radical (unpaired) electrons. The lowest BCUT2D eigenvalue weighted by Crippen LogP contribution is -2.49. The highest BCUT2D eigenvalue weighted by Crippen LogP contribution is 2.20. The van der Waals surface area contributed by atoms with E-state index in [1.165, 1.54) is 0 Å². The molecule has 0 spiro atoms. The maximum Gasteiger partial charge on any atom is 0.326 e. The molecule has 0 aliphatic carbocycles. The number of rotatable bonds is 6. The molecule has 0 aliphatic rings. The van der Waals surface area contributed by atoms with Gasteiger partial charge in [0.1, 0.15) is 6.04 Å². The summed E-state index contributed by atoms with van der Waals surface area (Å²) in [6, 6.07) is -0.870. The molecule has 0 rings (SSSR count). The van der Waals surface area contributed by atoms with Gasteiger partial charge in [-0.3, -0.25) is 4.79 Å². The van der Waals surface area contributed by atoms with Crippen LogP contribution in [0.1, 0.15) is 40.5 Å². The van der Waals surface area contributed by atoms with Crippen LogP contribution in [0.25, 0.3) is 0 Å². The molecule has 0 saturated heterocycles. The minimum Gasteiger partial charge on any atom is -0.480 e. The number of carbonyl (C=O) groups excluding carboxylic acids is 1. The van der Waals surface area contributed by atoms with Crippen LogP contribution in [-0.2, 0) is 9.59 Å². The van der Waals surface area contributed by atoms with E-state index in [0.29, 0.717) is 6.54 Å². The molecule has 0 aromatic carbocycles. The molecule has 1 amide bonds. The Morgan fingerprint density at radius 3 is 2.18 bits per heavy atom. The first-order valence-electron chi connectivity index (χ1n) is 5.94. The Morgan fingerprint density at radius 2 is 1.88 bits per heavy atom. The third-order valence-electron chi connectivity index (χ3n) is 2.80. The average Bonchev–Trinajstić information content (AvgIpc) is 2.20. The zero-order valence-corrected chi connectivity index (χ0v) is 11.1. The van der Waals surface area contributed by atoms with Gasteiger partial charge in [-0.2, -0.15) is 0 Å². The summed E-state index contributed by atoms with van der Waals surface area (Å²) in [5.74, 6) is -1.14. The van der Waals surface area contributed by atoms with Crippen LogP contribution in [0.2, 0.25) is 0 Å². The Bertz CT molecular complexity index is 267. The fourth-order valence-corrected chi connectivity index (χ4v) is 1.53. The van der Waals surface area contributed by atoms with Crippen molar-refractivity contribution in [3.63, 3.8) is 0 Å². The molecule has 2 atom stereocenters. The summed E-state index contributed by atoms with van der Waals surface area (Å²) in [7, 11) is 0. The number of aliphatic carboxylic acids is 1. The van der Waals surface area contributed by atoms with Gasteiger partial charge in [-0.05, 0) is 17.9 Å². The number of amides is 1. The molecule has 0 aromatic rings. The second-order valence-electron chi connectivity index (χ2n) is 5.42. The Kier molecular flexibility index (Phi) is 6.16. The lowest BCUT2D eigenvalue weighted by Gasteiger charge is -2.28. The van der Waals surface area contributed by atoms with Crippen molar-refractivity contribution in [1.29, 1.82) is 0 Å². The summed E-state index contributed by atoms with van der Waals surface area (Å²) in [4.78, 5) is 22.8. The number of hydrogen-bond acceptors (Lipinski definition) is 3. The van der Waals surface area contributed by atoms with Crippen LogP contribution in [0.4, 0.5) is 0 Å². The summed E-state index contributed by atoms with van der Waals surface area (Å²) < 4.78 is 0. The maximum absolute atomic E-state index is 11.7. The van der Waals surface area contributed by atoms with Crippen LogP contribution in [0.5, 0.6) is 0 Å². The first kappa shape index (κ1) is 15.9. The molecule has 0 fully saturated rings. The largest absolute Gasteiger partial charge is 0.480 e. The van der Waals surface area contributed by atoms with Crippen molar-refractivity contribution in [2.75, 3.05) is 6.54 Å². The first-order chi connectivity index (χ1) is 7.72. The molecular formula is C12H24N2O3. The van der Waals surface area contributed by atoms with E-state index in [1.54, 1.807) is 20.8 Å². The van der Waals surface area contributed by atoms with Crippen molar-refractivity contribution in [3.8, 4) is 0 Å². The molecule has 0 heterocycles. The van der Waals surface area contributed by atoms with Crippen LogP contribution in [0.3, 0.4) is 0 Å². The molecule has 0 saturated carbocycles. The second kappa shape index (κ2) is 6.59. The minimum atomic E-state index is -1.01. The van der Waals surface area contributed by atoms with Crippen molar-refractivity contribution in [2.24, 2.45) is 17.1 Å². The number of carbonyl (C=O) groups is 2. The molecule has 0 bridgehead atoms. The molecule has 0 aromatic heterocycles. The average molecular weight is 244 g/mol. The van der Waals surface area contributed by atoms with Crippen molar-refractivity contribution in [3.05, 3.63) is 0 Å². The Morgan fingerprint density at radius 1 is 1.35 bits per heavy atom. The molecule has 17 heavy (non-hydrogen) atoms. The summed E-state index contributed by atoms with van der Waals surface area (Å²) in [6.07, 6.45) is 1.10. The van der Waals surface area contributed by atoms with Gasteiger partial charge in [0.2, 0.25) is 5.91 Å². The zero-order valence-electron chi connectivity index (χ0n) is 11.1. The number of nitrogens with two attached hydrogens (primary N) is 1. The summed E-state index contributed by atoms with van der Waals surface area (Å²) in [5, 5.41) is 11.6. The van der Waals surface area contributed by atoms with Crippen LogP contribution in [0.15, 0.2) is 0 Å². The normalized spacial score (nSPS) is 15.1. The highest BCUT2D eigenvalue weighted by molar-refractivity contribution is 5.84. The topological polar surface area (TPSA) is 92.4 Å². The summed E-state index contributed by atoms with van der Waals surface area (Å²) in [5.41, 5.74) is 5.00. The van der Waals surface area contributed by atoms with Gasteiger partial charge in [0.25, 0.3) is 0 Å². The molecular weight excluding hydrogens is 220 g/mol. The predicted octanol–water partition coefficient (Wildman–Crippen LogP) is 0.977. The van der Waals surface area contributed by atoms with Crippen molar-refractivity contribution < 1.29 is 14.7 Å². The second-order valence-corrected chi connectivity index (χ2v) is 5.42. The van der Waals surface area contributed by atoms with E-state index < -0.39 is 17.4 Å². The van der Waals surface area contributed by atoms with Crippen LogP contribution < -0.4 is 11.1 Å².